The normalized spacial score (nSPS) is 26.8. The Hall–Kier alpha value is -2.69. The molecule has 3 aliphatic heterocycles. The van der Waals surface area contributed by atoms with Crippen molar-refractivity contribution in [1.82, 2.24) is 9.80 Å². The van der Waals surface area contributed by atoms with Crippen LogP contribution in [-0.4, -0.2) is 98.7 Å². The zero-order valence-electron chi connectivity index (χ0n) is 45.5. The minimum atomic E-state index is -0.555. The number of carbonyl (C=O) groups is 5. The maximum atomic E-state index is 13.5. The van der Waals surface area contributed by atoms with E-state index in [2.05, 4.69) is 32.6 Å². The van der Waals surface area contributed by atoms with Gasteiger partial charge < -0.3 is 28.7 Å². The molecule has 2 unspecified atom stereocenters. The molecule has 4 rings (SSSR count). The molecule has 3 saturated heterocycles. The molecule has 0 radical (unpaired) electrons. The third-order valence-corrected chi connectivity index (χ3v) is 17.2. The molecule has 0 aromatic rings. The molecule has 404 valence electrons. The topological polar surface area (TPSA) is 129 Å². The number of likely N-dealkylation sites (tertiary alicyclic amines) is 2. The Labute approximate surface area is 427 Å². The second-order valence-corrected chi connectivity index (χ2v) is 23.0. The number of hydrogen-bond acceptors (Lipinski definition) is 10. The number of hydrogen-bond donors (Lipinski definition) is 0. The molecule has 2 spiro atoms. The fraction of sp³-hybridized carbons (Fsp3) is 0.915. The number of cyclic esters (lactones) is 4. The molecule has 1 aliphatic carbocycles. The lowest BCUT2D eigenvalue weighted by Crippen LogP contribution is -2.53. The van der Waals surface area contributed by atoms with Gasteiger partial charge in [-0.15, -0.1) is 0 Å². The van der Waals surface area contributed by atoms with Crippen LogP contribution in [0, 0.1) is 28.1 Å². The van der Waals surface area contributed by atoms with Crippen LogP contribution in [0.25, 0.3) is 0 Å². The van der Waals surface area contributed by atoms with E-state index in [1.165, 1.54) is 96.3 Å². The zero-order valence-corrected chi connectivity index (χ0v) is 45.5. The Morgan fingerprint density at radius 2 is 1.04 bits per heavy atom. The number of piperidine rings is 1. The second-order valence-electron chi connectivity index (χ2n) is 23.0. The maximum Gasteiger partial charge on any atom is 0.305 e. The quantitative estimate of drug-likeness (QED) is 0.0623. The van der Waals surface area contributed by atoms with E-state index in [1.807, 2.05) is 4.90 Å². The zero-order chi connectivity index (χ0) is 50.3. The van der Waals surface area contributed by atoms with Gasteiger partial charge in [0.2, 0.25) is 5.91 Å². The highest BCUT2D eigenvalue weighted by molar-refractivity contribution is 5.76. The van der Waals surface area contributed by atoms with Crippen LogP contribution in [0.1, 0.15) is 259 Å². The van der Waals surface area contributed by atoms with Crippen LogP contribution in [0.15, 0.2) is 0 Å². The highest BCUT2D eigenvalue weighted by Crippen LogP contribution is 2.65. The lowest BCUT2D eigenvalue weighted by molar-refractivity contribution is -0.160. The van der Waals surface area contributed by atoms with Crippen LogP contribution in [0.3, 0.4) is 0 Å². The molecule has 1 amide bonds. The van der Waals surface area contributed by atoms with Gasteiger partial charge in [0.1, 0.15) is 13.2 Å². The van der Waals surface area contributed by atoms with Crippen LogP contribution < -0.4 is 0 Å². The molecule has 1 saturated carbocycles. The van der Waals surface area contributed by atoms with Gasteiger partial charge in [-0.2, -0.15) is 0 Å². The lowest BCUT2D eigenvalue weighted by atomic mass is 9.44. The van der Waals surface area contributed by atoms with Crippen molar-refractivity contribution in [3.8, 4) is 0 Å². The van der Waals surface area contributed by atoms with E-state index in [4.69, 9.17) is 18.9 Å². The molecule has 11 heteroatoms. The summed E-state index contributed by atoms with van der Waals surface area (Å²) in [5.41, 5.74) is -0.187. The van der Waals surface area contributed by atoms with E-state index < -0.39 is 5.41 Å². The second kappa shape index (κ2) is 33.9. The highest BCUT2D eigenvalue weighted by Gasteiger charge is 2.57. The summed E-state index contributed by atoms with van der Waals surface area (Å²) in [7, 11) is 0. The first-order valence-electron chi connectivity index (χ1n) is 29.6. The molecule has 3 heterocycles. The Balaban J connectivity index is 1.44. The molecular weight excluding hydrogens is 881 g/mol. The Morgan fingerprint density at radius 1 is 0.543 bits per heavy atom. The summed E-state index contributed by atoms with van der Waals surface area (Å²) in [5, 5.41) is 0. The maximum absolute atomic E-state index is 13.5. The van der Waals surface area contributed by atoms with Gasteiger partial charge >= 0.3 is 23.9 Å². The summed E-state index contributed by atoms with van der Waals surface area (Å²) < 4.78 is 24.3. The predicted octanol–water partition coefficient (Wildman–Crippen LogP) is 13.7. The van der Waals surface area contributed by atoms with Gasteiger partial charge in [-0.3, -0.25) is 24.0 Å². The van der Waals surface area contributed by atoms with Gasteiger partial charge in [-0.1, -0.05) is 130 Å². The van der Waals surface area contributed by atoms with Crippen molar-refractivity contribution in [2.24, 2.45) is 28.1 Å². The summed E-state index contributed by atoms with van der Waals surface area (Å²) in [4.78, 5) is 70.8. The van der Waals surface area contributed by atoms with E-state index >= 15 is 0 Å². The lowest BCUT2D eigenvalue weighted by Gasteiger charge is -2.61. The van der Waals surface area contributed by atoms with E-state index in [9.17, 15) is 24.0 Å². The van der Waals surface area contributed by atoms with E-state index in [0.717, 1.165) is 83.8 Å². The fourth-order valence-corrected chi connectivity index (χ4v) is 12.6. The number of ether oxygens (including phenoxy) is 4. The van der Waals surface area contributed by atoms with Crippen molar-refractivity contribution in [1.29, 1.82) is 0 Å². The van der Waals surface area contributed by atoms with E-state index in [0.29, 0.717) is 89.5 Å². The molecule has 0 aromatic carbocycles. The van der Waals surface area contributed by atoms with Crippen LogP contribution in [0.2, 0.25) is 0 Å². The van der Waals surface area contributed by atoms with Crippen LogP contribution >= 0.6 is 0 Å². The molecule has 0 bridgehead atoms. The average molecular weight is 985 g/mol. The Kier molecular flexibility index (Phi) is 29.0. The summed E-state index contributed by atoms with van der Waals surface area (Å²) in [6, 6.07) is 0. The molecule has 0 N–H and O–H groups in total. The van der Waals surface area contributed by atoms with Crippen LogP contribution in [-0.2, 0) is 42.9 Å². The largest absolute Gasteiger partial charge is 0.465 e. The van der Waals surface area contributed by atoms with Crippen molar-refractivity contribution in [2.75, 3.05) is 59.2 Å². The summed E-state index contributed by atoms with van der Waals surface area (Å²) in [6.45, 7) is 14.7. The van der Waals surface area contributed by atoms with Crippen LogP contribution in [0.4, 0.5) is 0 Å². The first-order valence-corrected chi connectivity index (χ1v) is 29.6. The number of amides is 1. The first-order chi connectivity index (χ1) is 34.0. The molecule has 4 fully saturated rings. The first kappa shape index (κ1) is 59.9. The molecule has 4 aliphatic rings. The van der Waals surface area contributed by atoms with Crippen molar-refractivity contribution < 1.29 is 42.9 Å². The van der Waals surface area contributed by atoms with Gasteiger partial charge in [0.25, 0.3) is 0 Å². The Morgan fingerprint density at radius 3 is 1.61 bits per heavy atom. The third-order valence-electron chi connectivity index (χ3n) is 17.2. The number of unbranched alkanes of at least 4 members (excludes halogenated alkanes) is 10. The molecular formula is C59H104N2O9. The number of rotatable bonds is 21. The highest BCUT2D eigenvalue weighted by atomic mass is 16.6. The van der Waals surface area contributed by atoms with Gasteiger partial charge in [-0.05, 0) is 139 Å². The molecule has 2 atom stereocenters. The Bertz CT molecular complexity index is 1480. The van der Waals surface area contributed by atoms with Crippen molar-refractivity contribution in [3.05, 3.63) is 0 Å². The summed E-state index contributed by atoms with van der Waals surface area (Å²) in [6.07, 6.45) is 33.9. The van der Waals surface area contributed by atoms with Gasteiger partial charge in [0.15, 0.2) is 0 Å². The van der Waals surface area contributed by atoms with Gasteiger partial charge in [0, 0.05) is 50.6 Å². The minimum absolute atomic E-state index is 0.0481. The van der Waals surface area contributed by atoms with Crippen molar-refractivity contribution in [3.63, 3.8) is 0 Å². The average Bonchev–Trinajstić information content (AvgIpc) is 3.87. The number of carbonyl (C=O) groups excluding carboxylic acids is 5. The van der Waals surface area contributed by atoms with Crippen molar-refractivity contribution >= 4 is 29.8 Å². The van der Waals surface area contributed by atoms with Gasteiger partial charge in [-0.25, -0.2) is 0 Å². The smallest absolute Gasteiger partial charge is 0.305 e. The van der Waals surface area contributed by atoms with Crippen molar-refractivity contribution in [2.45, 2.75) is 259 Å². The monoisotopic (exact) mass is 985 g/mol. The number of esters is 4. The molecule has 11 nitrogen and oxygen atoms in total. The molecule has 0 aromatic heterocycles. The van der Waals surface area contributed by atoms with E-state index in [1.54, 1.807) is 0 Å². The third kappa shape index (κ3) is 22.2. The van der Waals surface area contributed by atoms with Gasteiger partial charge in [0.05, 0.1) is 13.2 Å². The summed E-state index contributed by atoms with van der Waals surface area (Å²) in [5.74, 6) is -0.178. The fourth-order valence-electron chi connectivity index (χ4n) is 12.6. The minimum Gasteiger partial charge on any atom is -0.465 e. The number of nitrogens with zero attached hydrogens (tertiary/aromatic N) is 2. The molecule has 70 heavy (non-hydrogen) atoms. The van der Waals surface area contributed by atoms with Crippen LogP contribution in [0.5, 0.6) is 0 Å². The predicted molar refractivity (Wildman–Crippen MR) is 280 cm³/mol. The summed E-state index contributed by atoms with van der Waals surface area (Å²) >= 11 is 0. The van der Waals surface area contributed by atoms with E-state index in [-0.39, 0.29) is 73.1 Å². The standard InChI is InChI=1S/C59H104N2O9/c1-5-9-12-14-15-18-28-50-43-59(46-57(8-4,47-59)35-24-11-7-3)51(29-19-13-10-6-2)45-68-54(64)32-21-17-23-34-56(66)70-49-58(48-69-55(65)33-22-16-20-31-53(63)67-44-50)36-41-61(42-37-58)52(62)30-27-40-60-38-25-26-39-60/h50-51H,5-49H2,1-4H3. The SMILES string of the molecule is CCCCCCCCC1COC(=O)CCCCCC(=O)OCC2(CCN(C(=O)CCCN3CCCC3)CC2)COC(=O)CCCCCC(=O)OCC(CCCCCC)C2(C1)CC(CC)(CCCCC)C2.